The molecule has 3 saturated heterocycles. The van der Waals surface area contributed by atoms with Crippen molar-refractivity contribution in [2.24, 2.45) is 12.5 Å². The molecule has 2 amide bonds. The molecule has 32 heavy (non-hydrogen) atoms. The van der Waals surface area contributed by atoms with Crippen molar-refractivity contribution in [1.29, 1.82) is 0 Å². The van der Waals surface area contributed by atoms with Crippen LogP contribution in [0.2, 0.25) is 0 Å². The highest BCUT2D eigenvalue weighted by Crippen LogP contribution is 2.51. The molecule has 0 aliphatic carbocycles. The van der Waals surface area contributed by atoms with Gasteiger partial charge in [-0.15, -0.1) is 0 Å². The van der Waals surface area contributed by atoms with Crippen LogP contribution >= 0.6 is 0 Å². The number of anilines is 1. The second-order valence-corrected chi connectivity index (χ2v) is 9.65. The number of nitrogens with one attached hydrogen (secondary N) is 1. The van der Waals surface area contributed by atoms with Crippen LogP contribution in [0, 0.1) is 5.41 Å². The van der Waals surface area contributed by atoms with Gasteiger partial charge in [-0.05, 0) is 45.3 Å². The molecule has 1 spiro atoms. The van der Waals surface area contributed by atoms with Crippen molar-refractivity contribution < 1.29 is 18.4 Å². The number of amides is 2. The molecular weight excluding hydrogens is 416 g/mol. The van der Waals surface area contributed by atoms with Crippen molar-refractivity contribution in [2.45, 2.75) is 43.9 Å². The van der Waals surface area contributed by atoms with Gasteiger partial charge in [-0.3, -0.25) is 19.6 Å². The van der Waals surface area contributed by atoms with E-state index < -0.39 is 17.3 Å². The molecule has 3 fully saturated rings. The number of aryl methyl sites for hydroxylation is 1. The third kappa shape index (κ3) is 3.29. The number of likely N-dealkylation sites (tertiary alicyclic amines) is 1. The highest BCUT2D eigenvalue weighted by Gasteiger charge is 2.56. The molecule has 0 radical (unpaired) electrons. The van der Waals surface area contributed by atoms with E-state index in [1.165, 1.54) is 0 Å². The van der Waals surface area contributed by atoms with E-state index in [1.54, 1.807) is 16.6 Å². The maximum absolute atomic E-state index is 15.0. The number of halogens is 2. The number of carbonyl (C=O) groups excluding carboxylic acids is 2. The van der Waals surface area contributed by atoms with Crippen LogP contribution in [0.5, 0.6) is 0 Å². The summed E-state index contributed by atoms with van der Waals surface area (Å²) in [6.45, 7) is 1.68. The highest BCUT2D eigenvalue weighted by atomic mass is 19.3. The number of para-hydroxylation sites is 1. The highest BCUT2D eigenvalue weighted by molar-refractivity contribution is 6.03. The molecule has 1 aromatic heterocycles. The van der Waals surface area contributed by atoms with Crippen molar-refractivity contribution in [1.82, 2.24) is 20.0 Å². The fourth-order valence-electron chi connectivity index (χ4n) is 5.78. The number of hydrogen-bond acceptors (Lipinski definition) is 5. The van der Waals surface area contributed by atoms with Crippen LogP contribution in [0.4, 0.5) is 14.5 Å². The summed E-state index contributed by atoms with van der Waals surface area (Å²) >= 11 is 0. The number of rotatable bonds is 2. The minimum Gasteiger partial charge on any atom is -0.370 e. The summed E-state index contributed by atoms with van der Waals surface area (Å²) in [6, 6.07) is 5.88. The van der Waals surface area contributed by atoms with E-state index in [0.29, 0.717) is 57.4 Å². The molecule has 3 aliphatic rings. The fraction of sp³-hybridized carbons (Fsp3) is 0.609. The predicted octanol–water partition coefficient (Wildman–Crippen LogP) is 2.65. The Morgan fingerprint density at radius 2 is 1.81 bits per heavy atom. The molecule has 0 bridgehead atoms. The number of fused-ring (bicyclic) bond motifs is 1. The molecule has 1 unspecified atom stereocenters. The third-order valence-corrected chi connectivity index (χ3v) is 7.72. The van der Waals surface area contributed by atoms with Crippen LogP contribution in [-0.2, 0) is 16.6 Å². The molecule has 4 heterocycles. The summed E-state index contributed by atoms with van der Waals surface area (Å²) in [6.07, 6.45) is 2.19. The number of hydrogen-bond donors (Lipinski definition) is 1. The molecule has 2 aromatic rings. The van der Waals surface area contributed by atoms with E-state index in [0.717, 1.165) is 16.6 Å². The Morgan fingerprint density at radius 3 is 2.50 bits per heavy atom. The van der Waals surface area contributed by atoms with E-state index in [-0.39, 0.29) is 18.4 Å². The second kappa shape index (κ2) is 7.50. The third-order valence-electron chi connectivity index (χ3n) is 7.72. The number of benzene rings is 1. The topological polar surface area (TPSA) is 70.5 Å². The van der Waals surface area contributed by atoms with Crippen molar-refractivity contribution in [2.75, 3.05) is 38.1 Å². The summed E-state index contributed by atoms with van der Waals surface area (Å²) in [5.41, 5.74) is 1.61. The number of imide groups is 1. The zero-order valence-electron chi connectivity index (χ0n) is 18.5. The zero-order chi connectivity index (χ0) is 22.7. The summed E-state index contributed by atoms with van der Waals surface area (Å²) in [4.78, 5) is 27.9. The first-order valence-corrected chi connectivity index (χ1v) is 11.3. The largest absolute Gasteiger partial charge is 0.370 e. The Balaban J connectivity index is 1.43. The second-order valence-electron chi connectivity index (χ2n) is 9.65. The minimum atomic E-state index is -2.68. The number of piperidine rings is 3. The first-order chi connectivity index (χ1) is 15.2. The Morgan fingerprint density at radius 1 is 1.09 bits per heavy atom. The maximum Gasteiger partial charge on any atom is 0.266 e. The average Bonchev–Trinajstić information content (AvgIpc) is 3.08. The van der Waals surface area contributed by atoms with Crippen molar-refractivity contribution in [3.63, 3.8) is 0 Å². The van der Waals surface area contributed by atoms with E-state index in [1.807, 2.05) is 25.2 Å². The van der Waals surface area contributed by atoms with Gasteiger partial charge in [0.05, 0.1) is 29.4 Å². The van der Waals surface area contributed by atoms with Crippen LogP contribution in [0.15, 0.2) is 18.2 Å². The minimum absolute atomic E-state index is 0.167. The Hall–Kier alpha value is -2.55. The number of carbonyl (C=O) groups is 2. The van der Waals surface area contributed by atoms with E-state index in [9.17, 15) is 18.4 Å². The molecule has 5 rings (SSSR count). The van der Waals surface area contributed by atoms with Crippen LogP contribution < -0.4 is 10.2 Å². The quantitative estimate of drug-likeness (QED) is 0.720. The predicted molar refractivity (Wildman–Crippen MR) is 117 cm³/mol. The first kappa shape index (κ1) is 21.3. The van der Waals surface area contributed by atoms with Gasteiger partial charge < -0.3 is 9.80 Å². The number of aromatic nitrogens is 2. The van der Waals surface area contributed by atoms with Gasteiger partial charge in [0.1, 0.15) is 0 Å². The Bertz CT molecular complexity index is 1070. The van der Waals surface area contributed by atoms with Crippen molar-refractivity contribution >= 4 is 28.4 Å². The lowest BCUT2D eigenvalue weighted by atomic mass is 9.68. The number of nitrogens with zero attached hydrogens (tertiary/aromatic N) is 4. The van der Waals surface area contributed by atoms with Crippen LogP contribution in [0.25, 0.3) is 10.9 Å². The van der Waals surface area contributed by atoms with Crippen LogP contribution in [0.1, 0.15) is 43.7 Å². The molecule has 1 atom stereocenters. The fourth-order valence-corrected chi connectivity index (χ4v) is 5.78. The molecule has 172 valence electrons. The smallest absolute Gasteiger partial charge is 0.266 e. The normalized spacial score (nSPS) is 26.0. The lowest BCUT2D eigenvalue weighted by Crippen LogP contribution is -2.58. The molecule has 3 aliphatic heterocycles. The van der Waals surface area contributed by atoms with Crippen LogP contribution in [-0.4, -0.2) is 65.6 Å². The standard InChI is InChI=1S/C23H29F2N5O2/c1-28-11-8-22(23(24,25)14-28)9-12-30(13-10-22)17-5-3-4-15-19(27-29(2)20(15)17)16-6-7-18(31)26-21(16)32/h3-5,16H,6-14H2,1-2H3,(H,26,31,32). The summed E-state index contributed by atoms with van der Waals surface area (Å²) in [5, 5.41) is 7.94. The van der Waals surface area contributed by atoms with Gasteiger partial charge in [-0.25, -0.2) is 8.78 Å². The SMILES string of the molecule is CN1CCC2(CCN(c3cccc4c(C5CCC(=O)NC5=O)nn(C)c34)CC2)C(F)(F)C1. The van der Waals surface area contributed by atoms with Gasteiger partial charge in [0.25, 0.3) is 5.92 Å². The van der Waals surface area contributed by atoms with Crippen molar-refractivity contribution in [3.05, 3.63) is 23.9 Å². The molecule has 7 nitrogen and oxygen atoms in total. The molecule has 1 aromatic carbocycles. The van der Waals surface area contributed by atoms with E-state index in [4.69, 9.17) is 0 Å². The van der Waals surface area contributed by atoms with Crippen molar-refractivity contribution in [3.8, 4) is 0 Å². The Labute approximate surface area is 185 Å². The van der Waals surface area contributed by atoms with Crippen LogP contribution in [0.3, 0.4) is 0 Å². The number of alkyl halides is 2. The summed E-state index contributed by atoms with van der Waals surface area (Å²) in [5.74, 6) is -3.70. The van der Waals surface area contributed by atoms with Gasteiger partial charge in [-0.1, -0.05) is 12.1 Å². The van der Waals surface area contributed by atoms with Gasteiger partial charge in [0.2, 0.25) is 11.8 Å². The van der Waals surface area contributed by atoms with Gasteiger partial charge in [0.15, 0.2) is 0 Å². The molecule has 0 saturated carbocycles. The average molecular weight is 446 g/mol. The van der Waals surface area contributed by atoms with E-state index >= 15 is 0 Å². The van der Waals surface area contributed by atoms with Gasteiger partial charge >= 0.3 is 0 Å². The monoisotopic (exact) mass is 445 g/mol. The van der Waals surface area contributed by atoms with Gasteiger partial charge in [-0.2, -0.15) is 5.10 Å². The zero-order valence-corrected chi connectivity index (χ0v) is 18.5. The summed E-state index contributed by atoms with van der Waals surface area (Å²) in [7, 11) is 3.61. The maximum atomic E-state index is 15.0. The van der Waals surface area contributed by atoms with Gasteiger partial charge in [0, 0.05) is 37.4 Å². The molecule has 1 N–H and O–H groups in total. The lowest BCUT2D eigenvalue weighted by molar-refractivity contribution is -0.174. The molecule has 9 heteroatoms. The summed E-state index contributed by atoms with van der Waals surface area (Å²) < 4.78 is 31.7. The lowest BCUT2D eigenvalue weighted by Gasteiger charge is -2.51. The van der Waals surface area contributed by atoms with E-state index in [2.05, 4.69) is 15.3 Å². The first-order valence-electron chi connectivity index (χ1n) is 11.3. The Kier molecular flexibility index (Phi) is 5.00. The molecular formula is C23H29F2N5O2.